The quantitative estimate of drug-likeness (QED) is 0.290. The number of carbonyl (C=O) groups excluding carboxylic acids is 2. The zero-order chi connectivity index (χ0) is 24.1. The van der Waals surface area contributed by atoms with Gasteiger partial charge >= 0.3 is 0 Å². The molecule has 4 rings (SSSR count). The number of nitrogens with zero attached hydrogens (tertiary/aromatic N) is 3. The average molecular weight is 539 g/mol. The fourth-order valence-electron chi connectivity index (χ4n) is 3.68. The highest BCUT2D eigenvalue weighted by atomic mass is 35.5. The molecule has 2 amide bonds. The van der Waals surface area contributed by atoms with Crippen LogP contribution in [-0.2, 0) is 15.5 Å². The molecule has 1 saturated heterocycles. The summed E-state index contributed by atoms with van der Waals surface area (Å²) in [6.07, 6.45) is 7.66. The zero-order valence-corrected chi connectivity index (χ0v) is 21.6. The topological polar surface area (TPSA) is 93.6 Å². The SMILES string of the molecule is COc1cc(/C=C2\SC(=S)N(CC(=O)Nc3nnc(CCl)s3)C2=O)ccc1OC1CCCCC1. The van der Waals surface area contributed by atoms with Gasteiger partial charge in [-0.3, -0.25) is 19.8 Å². The molecule has 1 aromatic carbocycles. The number of anilines is 1. The van der Waals surface area contributed by atoms with Crippen LogP contribution in [0.5, 0.6) is 11.5 Å². The van der Waals surface area contributed by atoms with Gasteiger partial charge in [0.2, 0.25) is 11.0 Å². The Morgan fingerprint density at radius 3 is 2.79 bits per heavy atom. The minimum atomic E-state index is -0.416. The second-order valence-electron chi connectivity index (χ2n) is 7.74. The molecule has 2 heterocycles. The average Bonchev–Trinajstić information content (AvgIpc) is 3.40. The Balaban J connectivity index is 1.42. The highest BCUT2D eigenvalue weighted by Crippen LogP contribution is 2.36. The molecule has 0 spiro atoms. The predicted molar refractivity (Wildman–Crippen MR) is 138 cm³/mol. The highest BCUT2D eigenvalue weighted by Gasteiger charge is 2.33. The van der Waals surface area contributed by atoms with E-state index < -0.39 is 5.91 Å². The van der Waals surface area contributed by atoms with Crippen molar-refractivity contribution < 1.29 is 19.1 Å². The number of nitrogens with one attached hydrogen (secondary N) is 1. The molecule has 34 heavy (non-hydrogen) atoms. The van der Waals surface area contributed by atoms with Gasteiger partial charge in [-0.25, -0.2) is 0 Å². The lowest BCUT2D eigenvalue weighted by atomic mass is 9.98. The number of methoxy groups -OCH3 is 1. The lowest BCUT2D eigenvalue weighted by Crippen LogP contribution is -2.36. The first-order valence-electron chi connectivity index (χ1n) is 10.7. The number of ether oxygens (including phenoxy) is 2. The summed E-state index contributed by atoms with van der Waals surface area (Å²) in [4.78, 5) is 27.0. The lowest BCUT2D eigenvalue weighted by molar-refractivity contribution is -0.126. The minimum Gasteiger partial charge on any atom is -0.493 e. The molecule has 1 aliphatic carbocycles. The molecule has 1 aromatic heterocycles. The first kappa shape index (κ1) is 24.9. The molecule has 2 fully saturated rings. The van der Waals surface area contributed by atoms with E-state index in [0.717, 1.165) is 30.2 Å². The van der Waals surface area contributed by atoms with Crippen molar-refractivity contribution in [2.24, 2.45) is 0 Å². The molecular weight excluding hydrogens is 516 g/mol. The van der Waals surface area contributed by atoms with Crippen molar-refractivity contribution in [3.63, 3.8) is 0 Å². The fraction of sp³-hybridized carbons (Fsp3) is 0.409. The summed E-state index contributed by atoms with van der Waals surface area (Å²) in [6.45, 7) is -0.213. The monoisotopic (exact) mass is 538 g/mol. The van der Waals surface area contributed by atoms with E-state index in [2.05, 4.69) is 15.5 Å². The number of halogens is 1. The van der Waals surface area contributed by atoms with Gasteiger partial charge in [-0.15, -0.1) is 21.8 Å². The van der Waals surface area contributed by atoms with Crippen LogP contribution in [0.25, 0.3) is 6.08 Å². The summed E-state index contributed by atoms with van der Waals surface area (Å²) in [5.41, 5.74) is 0.778. The summed E-state index contributed by atoms with van der Waals surface area (Å²) in [5, 5.41) is 11.2. The number of benzene rings is 1. The zero-order valence-electron chi connectivity index (χ0n) is 18.4. The molecule has 0 atom stereocenters. The van der Waals surface area contributed by atoms with Gasteiger partial charge in [0.1, 0.15) is 15.9 Å². The number of aromatic nitrogens is 2. The number of amides is 2. The molecule has 1 N–H and O–H groups in total. The number of hydrogen-bond acceptors (Lipinski definition) is 9. The molecule has 0 radical (unpaired) electrons. The number of carbonyl (C=O) groups is 2. The van der Waals surface area contributed by atoms with E-state index in [4.69, 9.17) is 33.3 Å². The van der Waals surface area contributed by atoms with Crippen molar-refractivity contribution in [2.45, 2.75) is 44.1 Å². The highest BCUT2D eigenvalue weighted by molar-refractivity contribution is 8.26. The summed E-state index contributed by atoms with van der Waals surface area (Å²) in [6, 6.07) is 5.58. The number of alkyl halides is 1. The van der Waals surface area contributed by atoms with Gasteiger partial charge in [0.15, 0.2) is 11.5 Å². The molecule has 12 heteroatoms. The summed E-state index contributed by atoms with van der Waals surface area (Å²) < 4.78 is 12.0. The first-order valence-corrected chi connectivity index (χ1v) is 13.3. The third-order valence-corrected chi connectivity index (χ3v) is 7.96. The smallest absolute Gasteiger partial charge is 0.266 e. The Kier molecular flexibility index (Phi) is 8.41. The molecule has 8 nitrogen and oxygen atoms in total. The van der Waals surface area contributed by atoms with Crippen molar-refractivity contribution in [3.8, 4) is 11.5 Å². The van der Waals surface area contributed by atoms with Crippen LogP contribution in [0.3, 0.4) is 0 Å². The Morgan fingerprint density at radius 1 is 1.29 bits per heavy atom. The van der Waals surface area contributed by atoms with Crippen LogP contribution >= 0.6 is 46.9 Å². The Hall–Kier alpha value is -2.21. The van der Waals surface area contributed by atoms with E-state index in [1.54, 1.807) is 13.2 Å². The lowest BCUT2D eigenvalue weighted by Gasteiger charge is -2.24. The Morgan fingerprint density at radius 2 is 2.09 bits per heavy atom. The third-order valence-electron chi connectivity index (χ3n) is 5.33. The number of rotatable bonds is 8. The molecule has 2 aromatic rings. The van der Waals surface area contributed by atoms with Gasteiger partial charge in [0.25, 0.3) is 5.91 Å². The molecule has 1 aliphatic heterocycles. The summed E-state index contributed by atoms with van der Waals surface area (Å²) >= 11 is 13.4. The van der Waals surface area contributed by atoms with E-state index >= 15 is 0 Å². The largest absolute Gasteiger partial charge is 0.493 e. The molecule has 1 saturated carbocycles. The molecular formula is C22H23ClN4O4S3. The van der Waals surface area contributed by atoms with Crippen LogP contribution in [0.2, 0.25) is 0 Å². The van der Waals surface area contributed by atoms with Gasteiger partial charge in [0.05, 0.1) is 24.0 Å². The van der Waals surface area contributed by atoms with E-state index in [1.165, 1.54) is 35.5 Å². The van der Waals surface area contributed by atoms with E-state index in [9.17, 15) is 9.59 Å². The first-order chi connectivity index (χ1) is 16.5. The van der Waals surface area contributed by atoms with Crippen molar-refractivity contribution in [1.82, 2.24) is 15.1 Å². The van der Waals surface area contributed by atoms with Crippen LogP contribution in [0.4, 0.5) is 5.13 Å². The van der Waals surface area contributed by atoms with Crippen LogP contribution in [0, 0.1) is 0 Å². The number of thioether (sulfide) groups is 1. The predicted octanol–water partition coefficient (Wildman–Crippen LogP) is 4.84. The number of hydrogen-bond donors (Lipinski definition) is 1. The van der Waals surface area contributed by atoms with Crippen molar-refractivity contribution in [2.75, 3.05) is 19.0 Å². The molecule has 0 unspecified atom stereocenters. The second-order valence-corrected chi connectivity index (χ2v) is 10.7. The second kappa shape index (κ2) is 11.5. The molecule has 2 aliphatic rings. The van der Waals surface area contributed by atoms with Crippen LogP contribution in [-0.4, -0.2) is 51.0 Å². The Bertz CT molecular complexity index is 1120. The van der Waals surface area contributed by atoms with Crippen LogP contribution < -0.4 is 14.8 Å². The van der Waals surface area contributed by atoms with Crippen molar-refractivity contribution in [1.29, 1.82) is 0 Å². The normalized spacial score (nSPS) is 17.9. The van der Waals surface area contributed by atoms with Crippen molar-refractivity contribution >= 4 is 74.3 Å². The van der Waals surface area contributed by atoms with Gasteiger partial charge in [-0.2, -0.15) is 0 Å². The van der Waals surface area contributed by atoms with E-state index in [-0.39, 0.29) is 24.4 Å². The van der Waals surface area contributed by atoms with Crippen LogP contribution in [0.1, 0.15) is 42.7 Å². The van der Waals surface area contributed by atoms with Gasteiger partial charge in [-0.1, -0.05) is 47.8 Å². The van der Waals surface area contributed by atoms with Gasteiger partial charge in [-0.05, 0) is 49.5 Å². The maximum atomic E-state index is 12.9. The van der Waals surface area contributed by atoms with E-state index in [1.807, 2.05) is 18.2 Å². The third kappa shape index (κ3) is 6.07. The maximum Gasteiger partial charge on any atom is 0.266 e. The van der Waals surface area contributed by atoms with Crippen molar-refractivity contribution in [3.05, 3.63) is 33.7 Å². The van der Waals surface area contributed by atoms with Gasteiger partial charge in [0, 0.05) is 0 Å². The maximum absolute atomic E-state index is 12.9. The fourth-order valence-corrected chi connectivity index (χ4v) is 5.76. The summed E-state index contributed by atoms with van der Waals surface area (Å²) in [7, 11) is 1.60. The minimum absolute atomic E-state index is 0.206. The number of thiocarbonyl (C=S) groups is 1. The van der Waals surface area contributed by atoms with E-state index in [0.29, 0.717) is 30.9 Å². The molecule has 180 valence electrons. The standard InChI is InChI=1S/C22H23ClN4O4S3/c1-30-16-9-13(7-8-15(16)31-14-5-3-2-4-6-14)10-17-20(29)27(22(32)33-17)12-18(28)24-21-26-25-19(11-23)34-21/h7-10,14H,2-6,11-12H2,1H3,(H,24,26,28)/b17-10-. The van der Waals surface area contributed by atoms with Gasteiger partial charge < -0.3 is 9.47 Å². The Labute approximate surface area is 216 Å². The van der Waals surface area contributed by atoms with Crippen LogP contribution in [0.15, 0.2) is 23.1 Å². The summed E-state index contributed by atoms with van der Waals surface area (Å²) in [5.74, 6) is 0.782. The molecule has 0 bridgehead atoms.